The van der Waals surface area contributed by atoms with Crippen molar-refractivity contribution in [2.24, 2.45) is 5.92 Å². The van der Waals surface area contributed by atoms with Gasteiger partial charge in [0.1, 0.15) is 0 Å². The van der Waals surface area contributed by atoms with Crippen molar-refractivity contribution in [3.05, 3.63) is 0 Å². The number of rotatable bonds is 4. The second kappa shape index (κ2) is 4.81. The summed E-state index contributed by atoms with van der Waals surface area (Å²) in [4.78, 5) is 0. The highest BCUT2D eigenvalue weighted by atomic mass is 16.5. The maximum atomic E-state index is 9.50. The Morgan fingerprint density at radius 1 is 1.47 bits per heavy atom. The Morgan fingerprint density at radius 2 is 2.33 bits per heavy atom. The van der Waals surface area contributed by atoms with Gasteiger partial charge in [0.15, 0.2) is 0 Å². The smallest absolute Gasteiger partial charge is 0.0700 e. The van der Waals surface area contributed by atoms with E-state index in [2.05, 4.69) is 12.2 Å². The topological polar surface area (TPSA) is 41.5 Å². The second-order valence-corrected chi connectivity index (χ2v) is 5.30. The summed E-state index contributed by atoms with van der Waals surface area (Å²) >= 11 is 0. The van der Waals surface area contributed by atoms with E-state index in [1.54, 1.807) is 0 Å². The molecule has 3 atom stereocenters. The van der Waals surface area contributed by atoms with E-state index in [1.807, 2.05) is 0 Å². The zero-order valence-electron chi connectivity index (χ0n) is 9.67. The Bertz CT molecular complexity index is 204. The van der Waals surface area contributed by atoms with Crippen molar-refractivity contribution in [3.63, 3.8) is 0 Å². The molecular weight excluding hydrogens is 190 g/mol. The predicted octanol–water partition coefficient (Wildman–Crippen LogP) is 1.31. The number of aliphatic hydroxyl groups excluding tert-OH is 1. The first-order valence-electron chi connectivity index (χ1n) is 6.22. The van der Waals surface area contributed by atoms with E-state index >= 15 is 0 Å². The van der Waals surface area contributed by atoms with E-state index < -0.39 is 0 Å². The van der Waals surface area contributed by atoms with Crippen LogP contribution in [-0.4, -0.2) is 36.5 Å². The SMILES string of the molecule is CC1CCC(CO)(NCC2CCCO2)C1. The first-order valence-corrected chi connectivity index (χ1v) is 6.22. The van der Waals surface area contributed by atoms with E-state index in [-0.39, 0.29) is 12.1 Å². The average molecular weight is 213 g/mol. The summed E-state index contributed by atoms with van der Waals surface area (Å²) in [5.74, 6) is 0.745. The highest BCUT2D eigenvalue weighted by Gasteiger charge is 2.37. The van der Waals surface area contributed by atoms with Crippen LogP contribution in [0.1, 0.15) is 39.0 Å². The normalized spacial score (nSPS) is 41.2. The number of hydrogen-bond acceptors (Lipinski definition) is 3. The van der Waals surface area contributed by atoms with E-state index in [1.165, 1.54) is 19.3 Å². The third kappa shape index (κ3) is 2.71. The molecule has 1 saturated heterocycles. The summed E-state index contributed by atoms with van der Waals surface area (Å²) in [6.07, 6.45) is 6.19. The minimum absolute atomic E-state index is 0.00856. The van der Waals surface area contributed by atoms with Crippen LogP contribution < -0.4 is 5.32 Å². The Hall–Kier alpha value is -0.120. The van der Waals surface area contributed by atoms with Crippen LogP contribution in [-0.2, 0) is 4.74 Å². The summed E-state index contributed by atoms with van der Waals surface area (Å²) in [5, 5.41) is 13.0. The summed E-state index contributed by atoms with van der Waals surface area (Å²) in [7, 11) is 0. The van der Waals surface area contributed by atoms with Crippen molar-refractivity contribution in [1.82, 2.24) is 5.32 Å². The Labute approximate surface area is 92.2 Å². The number of aliphatic hydroxyl groups is 1. The van der Waals surface area contributed by atoms with Crippen LogP contribution in [0.2, 0.25) is 0 Å². The zero-order chi connectivity index (χ0) is 10.7. The molecule has 2 N–H and O–H groups in total. The summed E-state index contributed by atoms with van der Waals surface area (Å²) in [5.41, 5.74) is -0.00856. The minimum Gasteiger partial charge on any atom is -0.394 e. The largest absolute Gasteiger partial charge is 0.394 e. The first kappa shape index (κ1) is 11.4. The van der Waals surface area contributed by atoms with Gasteiger partial charge in [-0.2, -0.15) is 0 Å². The van der Waals surface area contributed by atoms with Crippen LogP contribution >= 0.6 is 0 Å². The molecule has 2 fully saturated rings. The summed E-state index contributed by atoms with van der Waals surface area (Å²) < 4.78 is 5.58. The second-order valence-electron chi connectivity index (χ2n) is 5.30. The standard InChI is InChI=1S/C12H23NO2/c1-10-4-5-12(7-10,9-14)13-8-11-3-2-6-15-11/h10-11,13-14H,2-9H2,1H3. The maximum absolute atomic E-state index is 9.50. The molecule has 3 heteroatoms. The van der Waals surface area contributed by atoms with E-state index in [9.17, 15) is 5.11 Å². The molecule has 1 saturated carbocycles. The van der Waals surface area contributed by atoms with E-state index in [4.69, 9.17) is 4.74 Å². The minimum atomic E-state index is -0.00856. The fraction of sp³-hybridized carbons (Fsp3) is 1.00. The Morgan fingerprint density at radius 3 is 2.87 bits per heavy atom. The molecule has 0 aromatic heterocycles. The third-order valence-corrected chi connectivity index (χ3v) is 3.89. The average Bonchev–Trinajstić information content (AvgIpc) is 2.85. The Balaban J connectivity index is 1.80. The molecular formula is C12H23NO2. The van der Waals surface area contributed by atoms with Gasteiger partial charge >= 0.3 is 0 Å². The molecule has 3 unspecified atom stereocenters. The van der Waals surface area contributed by atoms with Crippen LogP contribution in [0, 0.1) is 5.92 Å². The van der Waals surface area contributed by atoms with Gasteiger partial charge in [0.05, 0.1) is 12.7 Å². The molecule has 0 radical (unpaired) electrons. The number of hydrogen-bond donors (Lipinski definition) is 2. The fourth-order valence-corrected chi connectivity index (χ4v) is 2.89. The van der Waals surface area contributed by atoms with Crippen molar-refractivity contribution < 1.29 is 9.84 Å². The van der Waals surface area contributed by atoms with Crippen molar-refractivity contribution in [2.45, 2.75) is 50.7 Å². The molecule has 1 aliphatic carbocycles. The summed E-state index contributed by atoms with van der Waals surface area (Å²) in [6, 6.07) is 0. The zero-order valence-corrected chi connectivity index (χ0v) is 9.67. The summed E-state index contributed by atoms with van der Waals surface area (Å²) in [6.45, 7) is 4.36. The highest BCUT2D eigenvalue weighted by molar-refractivity contribution is 4.95. The van der Waals surface area contributed by atoms with Gasteiger partial charge in [-0.3, -0.25) is 0 Å². The molecule has 0 spiro atoms. The van der Waals surface area contributed by atoms with Gasteiger partial charge in [-0.1, -0.05) is 6.92 Å². The molecule has 0 bridgehead atoms. The molecule has 0 aromatic rings. The molecule has 2 rings (SSSR count). The first-order chi connectivity index (χ1) is 7.24. The van der Waals surface area contributed by atoms with Crippen molar-refractivity contribution in [2.75, 3.05) is 19.8 Å². The quantitative estimate of drug-likeness (QED) is 0.740. The lowest BCUT2D eigenvalue weighted by atomic mass is 9.97. The van der Waals surface area contributed by atoms with Gasteiger partial charge in [0, 0.05) is 18.7 Å². The van der Waals surface area contributed by atoms with Gasteiger partial charge in [-0.05, 0) is 38.0 Å². The third-order valence-electron chi connectivity index (χ3n) is 3.89. The molecule has 2 aliphatic rings. The maximum Gasteiger partial charge on any atom is 0.0700 e. The van der Waals surface area contributed by atoms with Gasteiger partial charge in [0.2, 0.25) is 0 Å². The Kier molecular flexibility index (Phi) is 3.65. The molecule has 0 amide bonds. The lowest BCUT2D eigenvalue weighted by Gasteiger charge is -2.29. The van der Waals surface area contributed by atoms with Gasteiger partial charge in [-0.25, -0.2) is 0 Å². The molecule has 0 aromatic carbocycles. The van der Waals surface area contributed by atoms with Gasteiger partial charge < -0.3 is 15.2 Å². The predicted molar refractivity (Wildman–Crippen MR) is 59.8 cm³/mol. The van der Waals surface area contributed by atoms with Gasteiger partial charge in [0.25, 0.3) is 0 Å². The molecule has 88 valence electrons. The fourth-order valence-electron chi connectivity index (χ4n) is 2.89. The van der Waals surface area contributed by atoms with Crippen LogP contribution in [0.15, 0.2) is 0 Å². The van der Waals surface area contributed by atoms with Crippen LogP contribution in [0.3, 0.4) is 0 Å². The molecule has 1 aliphatic heterocycles. The van der Waals surface area contributed by atoms with Crippen LogP contribution in [0.4, 0.5) is 0 Å². The van der Waals surface area contributed by atoms with Crippen LogP contribution in [0.25, 0.3) is 0 Å². The monoisotopic (exact) mass is 213 g/mol. The van der Waals surface area contributed by atoms with Gasteiger partial charge in [-0.15, -0.1) is 0 Å². The van der Waals surface area contributed by atoms with Crippen molar-refractivity contribution in [1.29, 1.82) is 0 Å². The van der Waals surface area contributed by atoms with E-state index in [0.717, 1.165) is 31.9 Å². The number of nitrogens with one attached hydrogen (secondary N) is 1. The lowest BCUT2D eigenvalue weighted by molar-refractivity contribution is 0.0880. The van der Waals surface area contributed by atoms with E-state index in [0.29, 0.717) is 6.10 Å². The molecule has 1 heterocycles. The van der Waals surface area contributed by atoms with Crippen molar-refractivity contribution in [3.8, 4) is 0 Å². The van der Waals surface area contributed by atoms with Crippen molar-refractivity contribution >= 4 is 0 Å². The molecule has 15 heavy (non-hydrogen) atoms. The lowest BCUT2D eigenvalue weighted by Crippen LogP contribution is -2.49. The highest BCUT2D eigenvalue weighted by Crippen LogP contribution is 2.34. The van der Waals surface area contributed by atoms with Crippen LogP contribution in [0.5, 0.6) is 0 Å². The molecule has 3 nitrogen and oxygen atoms in total. The number of ether oxygens (including phenoxy) is 1.